The van der Waals surface area contributed by atoms with Crippen molar-refractivity contribution >= 4 is 21.6 Å². The molecule has 0 radical (unpaired) electrons. The van der Waals surface area contributed by atoms with Crippen molar-refractivity contribution in [2.24, 2.45) is 0 Å². The Bertz CT molecular complexity index is 725. The average molecular weight is 322 g/mol. The largest absolute Gasteiger partial charge is 0.325 e. The number of anilines is 1. The van der Waals surface area contributed by atoms with E-state index in [9.17, 15) is 13.2 Å². The van der Waals surface area contributed by atoms with Crippen molar-refractivity contribution in [1.29, 1.82) is 0 Å². The van der Waals surface area contributed by atoms with Crippen molar-refractivity contribution < 1.29 is 13.2 Å². The number of carbonyl (C=O) groups excluding carboxylic acids is 1. The molecule has 1 atom stereocenters. The fraction of sp³-hybridized carbons (Fsp3) is 0.562. The van der Waals surface area contributed by atoms with Gasteiger partial charge in [0, 0.05) is 18.3 Å². The molecular formula is C16H22N2O3S. The Balaban J connectivity index is 2.03. The van der Waals surface area contributed by atoms with Gasteiger partial charge in [0.15, 0.2) is 0 Å². The first-order chi connectivity index (χ1) is 10.2. The molecular weight excluding hydrogens is 300 g/mol. The van der Waals surface area contributed by atoms with Crippen molar-refractivity contribution in [2.75, 3.05) is 11.9 Å². The van der Waals surface area contributed by atoms with Gasteiger partial charge >= 0.3 is 0 Å². The van der Waals surface area contributed by atoms with Crippen LogP contribution >= 0.6 is 0 Å². The number of hydrogen-bond acceptors (Lipinski definition) is 3. The molecule has 120 valence electrons. The molecule has 2 heterocycles. The SMILES string of the molecule is C[C@@H]1CCCCN1S(=O)(=O)c1ccc2c(c1)C(C)(C)C(=O)N2. The fourth-order valence-corrected chi connectivity index (χ4v) is 5.00. The summed E-state index contributed by atoms with van der Waals surface area (Å²) in [7, 11) is -3.51. The van der Waals surface area contributed by atoms with E-state index in [1.807, 2.05) is 20.8 Å². The van der Waals surface area contributed by atoms with E-state index in [0.29, 0.717) is 12.2 Å². The molecule has 5 nitrogen and oxygen atoms in total. The zero-order valence-electron chi connectivity index (χ0n) is 13.2. The number of rotatable bonds is 2. The molecule has 0 bridgehead atoms. The van der Waals surface area contributed by atoms with E-state index in [4.69, 9.17) is 0 Å². The van der Waals surface area contributed by atoms with E-state index < -0.39 is 15.4 Å². The Morgan fingerprint density at radius 1 is 1.27 bits per heavy atom. The number of piperidine rings is 1. The summed E-state index contributed by atoms with van der Waals surface area (Å²) in [5, 5.41) is 2.81. The van der Waals surface area contributed by atoms with Crippen LogP contribution in [0.3, 0.4) is 0 Å². The second-order valence-electron chi connectivity index (χ2n) is 6.75. The van der Waals surface area contributed by atoms with Crippen molar-refractivity contribution in [3.63, 3.8) is 0 Å². The molecule has 1 saturated heterocycles. The van der Waals surface area contributed by atoms with Crippen LogP contribution in [0.15, 0.2) is 23.1 Å². The predicted octanol–water partition coefficient (Wildman–Crippen LogP) is 2.48. The van der Waals surface area contributed by atoms with Gasteiger partial charge in [-0.2, -0.15) is 4.31 Å². The molecule has 1 aromatic carbocycles. The van der Waals surface area contributed by atoms with Gasteiger partial charge in [0.1, 0.15) is 0 Å². The monoisotopic (exact) mass is 322 g/mol. The minimum absolute atomic E-state index is 0.0276. The molecule has 6 heteroatoms. The molecule has 0 aromatic heterocycles. The van der Waals surface area contributed by atoms with Crippen molar-refractivity contribution in [1.82, 2.24) is 4.31 Å². The second kappa shape index (κ2) is 5.06. The van der Waals surface area contributed by atoms with Gasteiger partial charge in [-0.1, -0.05) is 6.42 Å². The van der Waals surface area contributed by atoms with E-state index in [1.165, 1.54) is 0 Å². The summed E-state index contributed by atoms with van der Waals surface area (Å²) in [6.07, 6.45) is 2.87. The van der Waals surface area contributed by atoms with Gasteiger partial charge < -0.3 is 5.32 Å². The quantitative estimate of drug-likeness (QED) is 0.909. The number of nitrogens with one attached hydrogen (secondary N) is 1. The smallest absolute Gasteiger partial charge is 0.243 e. The summed E-state index contributed by atoms with van der Waals surface area (Å²) in [6, 6.07) is 4.98. The lowest BCUT2D eigenvalue weighted by atomic mass is 9.86. The number of nitrogens with zero attached hydrogens (tertiary/aromatic N) is 1. The van der Waals surface area contributed by atoms with Gasteiger partial charge in [-0.25, -0.2) is 8.42 Å². The molecule has 3 rings (SSSR count). The highest BCUT2D eigenvalue weighted by atomic mass is 32.2. The van der Waals surface area contributed by atoms with Crippen LogP contribution in [0.5, 0.6) is 0 Å². The van der Waals surface area contributed by atoms with Gasteiger partial charge in [0.25, 0.3) is 0 Å². The Morgan fingerprint density at radius 3 is 2.68 bits per heavy atom. The maximum absolute atomic E-state index is 12.9. The molecule has 0 aliphatic carbocycles. The maximum Gasteiger partial charge on any atom is 0.243 e. The highest BCUT2D eigenvalue weighted by Crippen LogP contribution is 2.39. The number of hydrogen-bond donors (Lipinski definition) is 1. The Labute approximate surface area is 131 Å². The average Bonchev–Trinajstić information content (AvgIpc) is 2.69. The standard InChI is InChI=1S/C16H22N2O3S/c1-11-6-4-5-9-18(11)22(20,21)12-7-8-14-13(10-12)16(2,3)15(19)17-14/h7-8,10-11H,4-6,9H2,1-3H3,(H,17,19)/t11-/m1/s1. The third-order valence-electron chi connectivity index (χ3n) is 4.83. The minimum atomic E-state index is -3.51. The van der Waals surface area contributed by atoms with E-state index >= 15 is 0 Å². The number of carbonyl (C=O) groups is 1. The molecule has 2 aliphatic heterocycles. The number of fused-ring (bicyclic) bond motifs is 1. The molecule has 1 amide bonds. The third kappa shape index (κ3) is 2.25. The lowest BCUT2D eigenvalue weighted by molar-refractivity contribution is -0.119. The van der Waals surface area contributed by atoms with Crippen LogP contribution in [0.1, 0.15) is 45.6 Å². The predicted molar refractivity (Wildman–Crippen MR) is 85.3 cm³/mol. The summed E-state index contributed by atoms with van der Waals surface area (Å²) < 4.78 is 27.4. The molecule has 1 N–H and O–H groups in total. The zero-order valence-corrected chi connectivity index (χ0v) is 14.0. The van der Waals surface area contributed by atoms with E-state index in [1.54, 1.807) is 22.5 Å². The molecule has 1 fully saturated rings. The molecule has 22 heavy (non-hydrogen) atoms. The maximum atomic E-state index is 12.9. The summed E-state index contributed by atoms with van der Waals surface area (Å²) in [5.41, 5.74) is 0.762. The van der Waals surface area contributed by atoms with Crippen LogP contribution in [0, 0.1) is 0 Å². The molecule has 0 saturated carbocycles. The zero-order chi connectivity index (χ0) is 16.1. The molecule has 1 aromatic rings. The highest BCUT2D eigenvalue weighted by molar-refractivity contribution is 7.89. The first-order valence-electron chi connectivity index (χ1n) is 7.72. The summed E-state index contributed by atoms with van der Waals surface area (Å²) in [4.78, 5) is 12.3. The molecule has 0 spiro atoms. The summed E-state index contributed by atoms with van der Waals surface area (Å²) >= 11 is 0. The topological polar surface area (TPSA) is 66.5 Å². The summed E-state index contributed by atoms with van der Waals surface area (Å²) in [5.74, 6) is -0.0941. The number of benzene rings is 1. The number of amides is 1. The van der Waals surface area contributed by atoms with Crippen LogP contribution in [0.25, 0.3) is 0 Å². The Hall–Kier alpha value is -1.40. The lowest BCUT2D eigenvalue weighted by Crippen LogP contribution is -2.42. The third-order valence-corrected chi connectivity index (χ3v) is 6.84. The Morgan fingerprint density at radius 2 is 2.00 bits per heavy atom. The highest BCUT2D eigenvalue weighted by Gasteiger charge is 2.40. The molecule has 0 unspecified atom stereocenters. The van der Waals surface area contributed by atoms with Crippen LogP contribution in [-0.4, -0.2) is 31.2 Å². The van der Waals surface area contributed by atoms with Gasteiger partial charge in [-0.15, -0.1) is 0 Å². The van der Waals surface area contributed by atoms with Crippen LogP contribution in [-0.2, 0) is 20.2 Å². The van der Waals surface area contributed by atoms with E-state index in [2.05, 4.69) is 5.32 Å². The van der Waals surface area contributed by atoms with Crippen molar-refractivity contribution in [3.05, 3.63) is 23.8 Å². The fourth-order valence-electron chi connectivity index (χ4n) is 3.28. The Kier molecular flexibility index (Phi) is 3.57. The van der Waals surface area contributed by atoms with Crippen LogP contribution in [0.2, 0.25) is 0 Å². The number of sulfonamides is 1. The van der Waals surface area contributed by atoms with E-state index in [0.717, 1.165) is 24.8 Å². The minimum Gasteiger partial charge on any atom is -0.325 e. The first kappa shape index (κ1) is 15.5. The summed E-state index contributed by atoms with van der Waals surface area (Å²) in [6.45, 7) is 6.16. The van der Waals surface area contributed by atoms with Crippen molar-refractivity contribution in [2.45, 2.75) is 56.4 Å². The van der Waals surface area contributed by atoms with Gasteiger partial charge in [0.05, 0.1) is 10.3 Å². The first-order valence-corrected chi connectivity index (χ1v) is 9.16. The van der Waals surface area contributed by atoms with E-state index in [-0.39, 0.29) is 16.8 Å². The van der Waals surface area contributed by atoms with Crippen molar-refractivity contribution in [3.8, 4) is 0 Å². The van der Waals surface area contributed by atoms with Crippen LogP contribution in [0.4, 0.5) is 5.69 Å². The van der Waals surface area contributed by atoms with Gasteiger partial charge in [-0.05, 0) is 57.4 Å². The van der Waals surface area contributed by atoms with Gasteiger partial charge in [0.2, 0.25) is 15.9 Å². The second-order valence-corrected chi connectivity index (χ2v) is 8.64. The van der Waals surface area contributed by atoms with Gasteiger partial charge in [-0.3, -0.25) is 4.79 Å². The normalized spacial score (nSPS) is 24.9. The lowest BCUT2D eigenvalue weighted by Gasteiger charge is -2.32. The van der Waals surface area contributed by atoms with Crippen LogP contribution < -0.4 is 5.32 Å². The molecule has 2 aliphatic rings.